The highest BCUT2D eigenvalue weighted by atomic mass is 79.9. The molecule has 4 aliphatic carbocycles. The van der Waals surface area contributed by atoms with Crippen LogP contribution in [0.3, 0.4) is 0 Å². The normalized spacial score (nSPS) is 52.4. The van der Waals surface area contributed by atoms with E-state index in [1.807, 2.05) is 0 Å². The third-order valence-corrected chi connectivity index (χ3v) is 5.47. The van der Waals surface area contributed by atoms with Crippen molar-refractivity contribution in [3.8, 4) is 0 Å². The highest BCUT2D eigenvalue weighted by Gasteiger charge is 2.58. The van der Waals surface area contributed by atoms with Crippen LogP contribution >= 0.6 is 17.0 Å². The van der Waals surface area contributed by atoms with Gasteiger partial charge in [-0.05, 0) is 55.8 Å². The van der Waals surface area contributed by atoms with Gasteiger partial charge in [-0.25, -0.2) is 0 Å². The van der Waals surface area contributed by atoms with E-state index in [2.05, 4.69) is 10.3 Å². The van der Waals surface area contributed by atoms with Crippen molar-refractivity contribution < 1.29 is 0 Å². The first-order valence-corrected chi connectivity index (χ1v) is 6.34. The SMILES string of the molecule is Br.NC1=NCC2(N1)C1CC3CC(C1)CC2C3. The molecule has 1 aliphatic heterocycles. The van der Waals surface area contributed by atoms with Crippen LogP contribution in [-0.4, -0.2) is 18.0 Å². The van der Waals surface area contributed by atoms with Crippen molar-refractivity contribution in [1.29, 1.82) is 0 Å². The Labute approximate surface area is 107 Å². The number of guanidine groups is 1. The van der Waals surface area contributed by atoms with E-state index in [1.165, 1.54) is 32.1 Å². The Morgan fingerprint density at radius 1 is 1.06 bits per heavy atom. The maximum atomic E-state index is 5.83. The molecule has 0 unspecified atom stereocenters. The van der Waals surface area contributed by atoms with Gasteiger partial charge >= 0.3 is 0 Å². The molecule has 3 N–H and O–H groups in total. The Morgan fingerprint density at radius 3 is 2.06 bits per heavy atom. The number of nitrogens with one attached hydrogen (secondary N) is 1. The first-order valence-electron chi connectivity index (χ1n) is 6.34. The first-order chi connectivity index (χ1) is 7.26. The van der Waals surface area contributed by atoms with Crippen LogP contribution in [0, 0.1) is 23.7 Å². The fraction of sp³-hybridized carbons (Fsp3) is 0.917. The predicted molar refractivity (Wildman–Crippen MR) is 69.7 cm³/mol. The third-order valence-electron chi connectivity index (χ3n) is 5.47. The monoisotopic (exact) mass is 285 g/mol. The molecule has 4 fully saturated rings. The second kappa shape index (κ2) is 3.37. The molecule has 4 bridgehead atoms. The maximum absolute atomic E-state index is 5.83. The van der Waals surface area contributed by atoms with Crippen molar-refractivity contribution in [2.45, 2.75) is 37.6 Å². The Morgan fingerprint density at radius 2 is 1.62 bits per heavy atom. The van der Waals surface area contributed by atoms with Gasteiger partial charge in [0.2, 0.25) is 0 Å². The molecule has 0 aromatic carbocycles. The Hall–Kier alpha value is -0.250. The second-order valence-corrected chi connectivity index (χ2v) is 6.17. The number of nitrogens with zero attached hydrogens (tertiary/aromatic N) is 1. The molecule has 16 heavy (non-hydrogen) atoms. The predicted octanol–water partition coefficient (Wildman–Crippen LogP) is 1.68. The van der Waals surface area contributed by atoms with E-state index in [-0.39, 0.29) is 22.5 Å². The summed E-state index contributed by atoms with van der Waals surface area (Å²) in [7, 11) is 0. The highest BCUT2D eigenvalue weighted by molar-refractivity contribution is 8.93. The van der Waals surface area contributed by atoms with Crippen LogP contribution in [0.4, 0.5) is 0 Å². The molecule has 0 radical (unpaired) electrons. The number of hydrogen-bond donors (Lipinski definition) is 2. The number of halogens is 1. The second-order valence-electron chi connectivity index (χ2n) is 6.17. The molecule has 5 rings (SSSR count). The maximum Gasteiger partial charge on any atom is 0.189 e. The van der Waals surface area contributed by atoms with Gasteiger partial charge in [0, 0.05) is 0 Å². The molecule has 0 aromatic heterocycles. The first kappa shape index (κ1) is 10.9. The van der Waals surface area contributed by atoms with E-state index < -0.39 is 0 Å². The van der Waals surface area contributed by atoms with Crippen molar-refractivity contribution >= 4 is 22.9 Å². The minimum Gasteiger partial charge on any atom is -0.370 e. The summed E-state index contributed by atoms with van der Waals surface area (Å²) in [6.45, 7) is 0.952. The zero-order valence-corrected chi connectivity index (χ0v) is 11.2. The molecular weight excluding hydrogens is 266 g/mol. The van der Waals surface area contributed by atoms with Crippen LogP contribution in [0.15, 0.2) is 4.99 Å². The van der Waals surface area contributed by atoms with E-state index in [0.717, 1.165) is 30.2 Å². The van der Waals surface area contributed by atoms with Gasteiger partial charge in [-0.3, -0.25) is 4.99 Å². The van der Waals surface area contributed by atoms with Crippen LogP contribution in [0.5, 0.6) is 0 Å². The van der Waals surface area contributed by atoms with Gasteiger partial charge in [0.05, 0.1) is 12.1 Å². The fourth-order valence-electron chi connectivity index (χ4n) is 5.02. The molecule has 0 atom stereocenters. The van der Waals surface area contributed by atoms with Crippen LogP contribution in [-0.2, 0) is 0 Å². The molecular formula is C12H20BrN3. The summed E-state index contributed by atoms with van der Waals surface area (Å²) in [5.41, 5.74) is 6.12. The Bertz CT molecular complexity index is 311. The van der Waals surface area contributed by atoms with Crippen LogP contribution in [0.25, 0.3) is 0 Å². The van der Waals surface area contributed by atoms with Gasteiger partial charge in [-0.1, -0.05) is 0 Å². The van der Waals surface area contributed by atoms with E-state index >= 15 is 0 Å². The van der Waals surface area contributed by atoms with Crippen LogP contribution < -0.4 is 11.1 Å². The topological polar surface area (TPSA) is 50.4 Å². The smallest absolute Gasteiger partial charge is 0.189 e. The van der Waals surface area contributed by atoms with Crippen LogP contribution in [0.1, 0.15) is 32.1 Å². The molecule has 3 nitrogen and oxygen atoms in total. The summed E-state index contributed by atoms with van der Waals surface area (Å²) >= 11 is 0. The summed E-state index contributed by atoms with van der Waals surface area (Å²) in [5, 5.41) is 3.54. The van der Waals surface area contributed by atoms with Crippen molar-refractivity contribution in [3.05, 3.63) is 0 Å². The lowest BCUT2D eigenvalue weighted by atomic mass is 9.48. The fourth-order valence-corrected chi connectivity index (χ4v) is 5.02. The zero-order valence-electron chi connectivity index (χ0n) is 9.48. The van der Waals surface area contributed by atoms with Gasteiger partial charge in [-0.2, -0.15) is 0 Å². The van der Waals surface area contributed by atoms with Gasteiger partial charge in [-0.15, -0.1) is 17.0 Å². The average molecular weight is 286 g/mol. The molecule has 4 heteroatoms. The molecule has 0 amide bonds. The van der Waals surface area contributed by atoms with E-state index in [0.29, 0.717) is 5.96 Å². The lowest BCUT2D eigenvalue weighted by Crippen LogP contribution is -2.65. The van der Waals surface area contributed by atoms with Crippen molar-refractivity contribution in [2.75, 3.05) is 6.54 Å². The quantitative estimate of drug-likeness (QED) is 0.712. The van der Waals surface area contributed by atoms with Crippen molar-refractivity contribution in [2.24, 2.45) is 34.4 Å². The summed E-state index contributed by atoms with van der Waals surface area (Å²) in [5.74, 6) is 4.48. The summed E-state index contributed by atoms with van der Waals surface area (Å²) in [6.07, 6.45) is 7.25. The summed E-state index contributed by atoms with van der Waals surface area (Å²) in [4.78, 5) is 4.42. The van der Waals surface area contributed by atoms with Gasteiger partial charge in [0.15, 0.2) is 5.96 Å². The molecule has 4 saturated carbocycles. The molecule has 0 aromatic rings. The van der Waals surface area contributed by atoms with Crippen molar-refractivity contribution in [1.82, 2.24) is 5.32 Å². The van der Waals surface area contributed by atoms with Crippen molar-refractivity contribution in [3.63, 3.8) is 0 Å². The standard InChI is InChI=1S/C12H19N3.BrH/c13-11-14-6-12(15-11)9-2-7-1-8(4-9)5-10(12)3-7;/h7-10H,1-6H2,(H3,13,14,15);1H. The van der Waals surface area contributed by atoms with Gasteiger partial charge in [0.1, 0.15) is 0 Å². The van der Waals surface area contributed by atoms with Crippen LogP contribution in [0.2, 0.25) is 0 Å². The zero-order chi connectivity index (χ0) is 10.0. The minimum absolute atomic E-state index is 0. The lowest BCUT2D eigenvalue weighted by molar-refractivity contribution is -0.0565. The molecule has 90 valence electrons. The third kappa shape index (κ3) is 1.22. The molecule has 5 aliphatic rings. The Kier molecular flexibility index (Phi) is 2.29. The number of nitrogens with two attached hydrogens (primary N) is 1. The molecule has 0 saturated heterocycles. The van der Waals surface area contributed by atoms with E-state index in [1.54, 1.807) is 0 Å². The van der Waals surface area contributed by atoms with E-state index in [4.69, 9.17) is 5.73 Å². The largest absolute Gasteiger partial charge is 0.370 e. The number of rotatable bonds is 0. The number of aliphatic imine (C=N–C) groups is 1. The van der Waals surface area contributed by atoms with Gasteiger partial charge < -0.3 is 11.1 Å². The number of hydrogen-bond acceptors (Lipinski definition) is 3. The summed E-state index contributed by atoms with van der Waals surface area (Å²) < 4.78 is 0. The molecule has 1 heterocycles. The van der Waals surface area contributed by atoms with E-state index in [9.17, 15) is 0 Å². The Balaban J connectivity index is 0.000000810. The minimum atomic E-state index is 0. The summed E-state index contributed by atoms with van der Waals surface area (Å²) in [6, 6.07) is 0. The van der Waals surface area contributed by atoms with Gasteiger partial charge in [0.25, 0.3) is 0 Å². The average Bonchev–Trinajstić information content (AvgIpc) is 2.57. The lowest BCUT2D eigenvalue weighted by Gasteiger charge is -2.59. The highest BCUT2D eigenvalue weighted by Crippen LogP contribution is 2.58. The molecule has 1 spiro atoms.